The molecule has 0 radical (unpaired) electrons. The van der Waals surface area contributed by atoms with Crippen LogP contribution in [0.15, 0.2) is 97.1 Å². The number of carbonyl (C=O) groups is 1. The van der Waals surface area contributed by atoms with E-state index in [4.69, 9.17) is 14.2 Å². The average molecular weight is 592 g/mol. The van der Waals surface area contributed by atoms with Gasteiger partial charge in [-0.25, -0.2) is 4.79 Å². The SMILES string of the molecule is CCOC(=O)C(Cc1ccc(OCCN(C)C2c3ccccc3CCc3cc(CCc4ccccc4)ccc32)cc1)OCC. The number of rotatable bonds is 14. The van der Waals surface area contributed by atoms with Gasteiger partial charge in [-0.15, -0.1) is 0 Å². The summed E-state index contributed by atoms with van der Waals surface area (Å²) in [6, 6.07) is 34.9. The zero-order chi connectivity index (χ0) is 30.7. The van der Waals surface area contributed by atoms with E-state index in [2.05, 4.69) is 84.7 Å². The van der Waals surface area contributed by atoms with Crippen LogP contribution in [-0.4, -0.2) is 50.4 Å². The molecule has 4 aromatic carbocycles. The quantitative estimate of drug-likeness (QED) is 0.145. The van der Waals surface area contributed by atoms with E-state index >= 15 is 0 Å². The maximum Gasteiger partial charge on any atom is 0.335 e. The van der Waals surface area contributed by atoms with Crippen molar-refractivity contribution in [2.24, 2.45) is 0 Å². The molecular weight excluding hydrogens is 546 g/mol. The molecule has 230 valence electrons. The first-order valence-corrected chi connectivity index (χ1v) is 16.0. The number of likely N-dealkylation sites (N-methyl/N-ethyl adjacent to an activating group) is 1. The smallest absolute Gasteiger partial charge is 0.335 e. The van der Waals surface area contributed by atoms with Crippen molar-refractivity contribution in [1.29, 1.82) is 0 Å². The molecule has 0 aliphatic heterocycles. The number of hydrogen-bond donors (Lipinski definition) is 0. The van der Waals surface area contributed by atoms with Crippen molar-refractivity contribution in [3.63, 3.8) is 0 Å². The summed E-state index contributed by atoms with van der Waals surface area (Å²) in [5, 5.41) is 0. The van der Waals surface area contributed by atoms with Gasteiger partial charge in [-0.05, 0) is 97.7 Å². The molecular formula is C39H45NO4. The Hall–Kier alpha value is -3.93. The molecule has 0 aromatic heterocycles. The van der Waals surface area contributed by atoms with Gasteiger partial charge in [0.1, 0.15) is 12.4 Å². The number of hydrogen-bond acceptors (Lipinski definition) is 5. The Morgan fingerprint density at radius 3 is 2.23 bits per heavy atom. The van der Waals surface area contributed by atoms with Crippen molar-refractivity contribution < 1.29 is 19.0 Å². The molecule has 4 aromatic rings. The molecule has 44 heavy (non-hydrogen) atoms. The normalized spacial score (nSPS) is 14.8. The monoisotopic (exact) mass is 591 g/mol. The number of aryl methyl sites for hydroxylation is 4. The predicted octanol–water partition coefficient (Wildman–Crippen LogP) is 7.18. The van der Waals surface area contributed by atoms with Crippen LogP contribution >= 0.6 is 0 Å². The van der Waals surface area contributed by atoms with E-state index in [1.165, 1.54) is 33.4 Å². The number of carbonyl (C=O) groups excluding carboxylic acids is 1. The zero-order valence-corrected chi connectivity index (χ0v) is 26.3. The van der Waals surface area contributed by atoms with E-state index in [1.807, 2.05) is 38.1 Å². The first-order chi connectivity index (χ1) is 21.6. The fourth-order valence-corrected chi connectivity index (χ4v) is 6.19. The second-order valence-electron chi connectivity index (χ2n) is 11.5. The molecule has 0 saturated heterocycles. The summed E-state index contributed by atoms with van der Waals surface area (Å²) in [7, 11) is 2.20. The van der Waals surface area contributed by atoms with Crippen molar-refractivity contribution in [2.45, 2.75) is 58.1 Å². The number of fused-ring (bicyclic) bond motifs is 2. The molecule has 1 aliphatic carbocycles. The fourth-order valence-electron chi connectivity index (χ4n) is 6.19. The summed E-state index contributed by atoms with van der Waals surface area (Å²) in [6.45, 7) is 5.86. The van der Waals surface area contributed by atoms with Crippen LogP contribution in [0.1, 0.15) is 58.8 Å². The Kier molecular flexibility index (Phi) is 11.2. The van der Waals surface area contributed by atoms with Gasteiger partial charge in [-0.2, -0.15) is 0 Å². The lowest BCUT2D eigenvalue weighted by Gasteiger charge is -2.30. The summed E-state index contributed by atoms with van der Waals surface area (Å²) < 4.78 is 17.0. The first-order valence-electron chi connectivity index (χ1n) is 16.0. The highest BCUT2D eigenvalue weighted by Crippen LogP contribution is 2.36. The predicted molar refractivity (Wildman–Crippen MR) is 176 cm³/mol. The van der Waals surface area contributed by atoms with Gasteiger partial charge in [-0.1, -0.05) is 84.9 Å². The van der Waals surface area contributed by atoms with Crippen molar-refractivity contribution in [3.8, 4) is 5.75 Å². The molecule has 1 aliphatic rings. The van der Waals surface area contributed by atoms with E-state index in [0.717, 1.165) is 43.5 Å². The highest BCUT2D eigenvalue weighted by atomic mass is 16.6. The molecule has 5 rings (SSSR count). The van der Waals surface area contributed by atoms with Crippen molar-refractivity contribution in [3.05, 3.63) is 136 Å². The second-order valence-corrected chi connectivity index (χ2v) is 11.5. The van der Waals surface area contributed by atoms with Gasteiger partial charge in [0, 0.05) is 19.6 Å². The molecule has 0 amide bonds. The second kappa shape index (κ2) is 15.7. The van der Waals surface area contributed by atoms with Gasteiger partial charge in [0.05, 0.1) is 12.6 Å². The minimum absolute atomic E-state index is 0.177. The van der Waals surface area contributed by atoms with Gasteiger partial charge in [0.15, 0.2) is 6.10 Å². The molecule has 5 heteroatoms. The van der Waals surface area contributed by atoms with Crippen LogP contribution in [0.5, 0.6) is 5.75 Å². The summed E-state index contributed by atoms with van der Waals surface area (Å²) in [4.78, 5) is 14.7. The van der Waals surface area contributed by atoms with Crippen LogP contribution in [0, 0.1) is 0 Å². The van der Waals surface area contributed by atoms with Crippen molar-refractivity contribution in [1.82, 2.24) is 4.90 Å². The van der Waals surface area contributed by atoms with Crippen molar-refractivity contribution in [2.75, 3.05) is 33.4 Å². The van der Waals surface area contributed by atoms with Gasteiger partial charge >= 0.3 is 5.97 Å². The number of benzene rings is 4. The standard InChI is InChI=1S/C39H45NO4/c1-4-42-37(39(41)43-5-2)28-31-17-22-34(23-18-31)44-26-25-40(3)38-35-14-10-9-13-32(35)20-21-33-27-30(19-24-36(33)38)16-15-29-11-7-6-8-12-29/h6-14,17-19,22-24,27,37-38H,4-5,15-16,20-21,25-26,28H2,1-3H3. The number of esters is 1. The number of nitrogens with zero attached hydrogens (tertiary/aromatic N) is 1. The molecule has 5 nitrogen and oxygen atoms in total. The van der Waals surface area contributed by atoms with E-state index < -0.39 is 6.10 Å². The van der Waals surface area contributed by atoms with Crippen LogP contribution < -0.4 is 4.74 Å². The fraction of sp³-hybridized carbons (Fsp3) is 0.359. The largest absolute Gasteiger partial charge is 0.492 e. The summed E-state index contributed by atoms with van der Waals surface area (Å²) in [5.74, 6) is 0.499. The Morgan fingerprint density at radius 1 is 0.773 bits per heavy atom. The Morgan fingerprint density at radius 2 is 1.45 bits per heavy atom. The average Bonchev–Trinajstić information content (AvgIpc) is 3.21. The van der Waals surface area contributed by atoms with Crippen LogP contribution in [0.2, 0.25) is 0 Å². The molecule has 0 bridgehead atoms. The summed E-state index contributed by atoms with van der Waals surface area (Å²) in [6.07, 6.45) is 4.10. The Balaban J connectivity index is 1.24. The van der Waals surface area contributed by atoms with Crippen LogP contribution in [0.25, 0.3) is 0 Å². The summed E-state index contributed by atoms with van der Waals surface area (Å²) in [5.41, 5.74) is 9.46. The van der Waals surface area contributed by atoms with E-state index in [9.17, 15) is 4.79 Å². The van der Waals surface area contributed by atoms with Crippen LogP contribution in [0.3, 0.4) is 0 Å². The molecule has 2 unspecified atom stereocenters. The summed E-state index contributed by atoms with van der Waals surface area (Å²) >= 11 is 0. The molecule has 0 N–H and O–H groups in total. The number of ether oxygens (including phenoxy) is 3. The third kappa shape index (κ3) is 8.16. The van der Waals surface area contributed by atoms with Crippen molar-refractivity contribution >= 4 is 5.97 Å². The Bertz CT molecular complexity index is 1480. The third-order valence-electron chi connectivity index (χ3n) is 8.48. The zero-order valence-electron chi connectivity index (χ0n) is 26.3. The highest BCUT2D eigenvalue weighted by Gasteiger charge is 2.27. The van der Waals surface area contributed by atoms with Crippen LogP contribution in [0.4, 0.5) is 0 Å². The molecule has 0 heterocycles. The molecule has 0 saturated carbocycles. The van der Waals surface area contributed by atoms with Crippen LogP contribution in [-0.2, 0) is 46.4 Å². The van der Waals surface area contributed by atoms with E-state index in [0.29, 0.717) is 26.2 Å². The lowest BCUT2D eigenvalue weighted by molar-refractivity contribution is -0.156. The van der Waals surface area contributed by atoms with Gasteiger partial charge in [-0.3, -0.25) is 4.90 Å². The lowest BCUT2D eigenvalue weighted by Crippen LogP contribution is -2.30. The Labute approximate surface area is 262 Å². The highest BCUT2D eigenvalue weighted by molar-refractivity contribution is 5.75. The van der Waals surface area contributed by atoms with Gasteiger partial charge in [0.25, 0.3) is 0 Å². The molecule has 0 fully saturated rings. The van der Waals surface area contributed by atoms with Gasteiger partial charge < -0.3 is 14.2 Å². The van der Waals surface area contributed by atoms with E-state index in [-0.39, 0.29) is 12.0 Å². The lowest BCUT2D eigenvalue weighted by atomic mass is 9.91. The van der Waals surface area contributed by atoms with Gasteiger partial charge in [0.2, 0.25) is 0 Å². The van der Waals surface area contributed by atoms with E-state index in [1.54, 1.807) is 0 Å². The molecule has 2 atom stereocenters. The minimum Gasteiger partial charge on any atom is -0.492 e. The minimum atomic E-state index is -0.592. The third-order valence-corrected chi connectivity index (χ3v) is 8.48. The molecule has 0 spiro atoms. The maximum atomic E-state index is 12.2. The maximum absolute atomic E-state index is 12.2. The topological polar surface area (TPSA) is 48.0 Å². The first kappa shape index (κ1) is 31.5.